The number of benzene rings is 2. The van der Waals surface area contributed by atoms with Gasteiger partial charge >= 0.3 is 6.03 Å². The van der Waals surface area contributed by atoms with Gasteiger partial charge in [0.15, 0.2) is 0 Å². The summed E-state index contributed by atoms with van der Waals surface area (Å²) in [5.41, 5.74) is 0.718. The minimum atomic E-state index is -0.853. The first-order chi connectivity index (χ1) is 15.4. The molecule has 2 heterocycles. The number of nitrogens with one attached hydrogen (secondary N) is 1. The first kappa shape index (κ1) is 21.9. The minimum Gasteiger partial charge on any atom is -0.492 e. The molecule has 1 aliphatic rings. The average molecular weight is 516 g/mol. The number of amides is 4. The van der Waals surface area contributed by atoms with Crippen molar-refractivity contribution >= 4 is 57.1 Å². The van der Waals surface area contributed by atoms with E-state index in [0.717, 1.165) is 14.9 Å². The molecule has 1 fully saturated rings. The van der Waals surface area contributed by atoms with Gasteiger partial charge in [-0.3, -0.25) is 14.9 Å². The molecule has 7 nitrogen and oxygen atoms in total. The second-order valence-corrected chi connectivity index (χ2v) is 7.95. The van der Waals surface area contributed by atoms with E-state index < -0.39 is 17.8 Å². The van der Waals surface area contributed by atoms with Crippen LogP contribution in [-0.4, -0.2) is 24.5 Å². The molecule has 0 unspecified atom stereocenters. The molecular weight excluding hydrogens is 500 g/mol. The van der Waals surface area contributed by atoms with Crippen molar-refractivity contribution < 1.29 is 23.5 Å². The highest BCUT2D eigenvalue weighted by molar-refractivity contribution is 9.10. The number of carbonyl (C=O) groups excluding carboxylic acids is 3. The van der Waals surface area contributed by atoms with E-state index in [1.807, 2.05) is 6.07 Å². The second-order valence-electron chi connectivity index (χ2n) is 6.69. The van der Waals surface area contributed by atoms with Gasteiger partial charge in [-0.15, -0.1) is 0 Å². The highest BCUT2D eigenvalue weighted by Crippen LogP contribution is 2.32. The molecule has 0 spiro atoms. The monoisotopic (exact) mass is 514 g/mol. The van der Waals surface area contributed by atoms with Gasteiger partial charge in [-0.05, 0) is 65.3 Å². The number of para-hydroxylation sites is 2. The maximum absolute atomic E-state index is 13.1. The molecule has 162 valence electrons. The van der Waals surface area contributed by atoms with Gasteiger partial charge in [-0.2, -0.15) is 0 Å². The molecule has 0 saturated carbocycles. The Hall–Kier alpha value is -3.36. The molecule has 1 aromatic heterocycles. The zero-order valence-electron chi connectivity index (χ0n) is 16.7. The SMILES string of the molecule is CCOc1ccccc1N1C(=O)NC(=O)/C(=C\c2ccc(-c3ccc(Br)c(Cl)c3)o2)C1=O. The molecule has 4 amide bonds. The number of carbonyl (C=O) groups is 3. The van der Waals surface area contributed by atoms with E-state index in [4.69, 9.17) is 20.8 Å². The number of furan rings is 1. The van der Waals surface area contributed by atoms with Gasteiger partial charge in [0.1, 0.15) is 22.8 Å². The Balaban J connectivity index is 1.68. The van der Waals surface area contributed by atoms with Gasteiger partial charge in [0.2, 0.25) is 0 Å². The fourth-order valence-corrected chi connectivity index (χ4v) is 3.60. The van der Waals surface area contributed by atoms with Gasteiger partial charge < -0.3 is 9.15 Å². The Morgan fingerprint density at radius 2 is 1.91 bits per heavy atom. The molecule has 1 aliphatic heterocycles. The zero-order chi connectivity index (χ0) is 22.8. The molecule has 0 atom stereocenters. The lowest BCUT2D eigenvalue weighted by atomic mass is 10.1. The number of ether oxygens (including phenoxy) is 1. The molecule has 1 saturated heterocycles. The predicted molar refractivity (Wildman–Crippen MR) is 123 cm³/mol. The van der Waals surface area contributed by atoms with Crippen LogP contribution in [0.1, 0.15) is 12.7 Å². The van der Waals surface area contributed by atoms with Crippen LogP contribution in [0.25, 0.3) is 17.4 Å². The molecule has 2 aromatic carbocycles. The zero-order valence-corrected chi connectivity index (χ0v) is 19.1. The van der Waals surface area contributed by atoms with E-state index in [1.165, 1.54) is 6.08 Å². The van der Waals surface area contributed by atoms with E-state index >= 15 is 0 Å². The van der Waals surface area contributed by atoms with E-state index in [2.05, 4.69) is 21.2 Å². The Morgan fingerprint density at radius 1 is 1.12 bits per heavy atom. The number of rotatable bonds is 5. The second kappa shape index (κ2) is 9.02. The van der Waals surface area contributed by atoms with Gasteiger partial charge in [0, 0.05) is 10.0 Å². The van der Waals surface area contributed by atoms with Crippen LogP contribution in [0.4, 0.5) is 10.5 Å². The van der Waals surface area contributed by atoms with Crippen LogP contribution in [-0.2, 0) is 9.59 Å². The number of imide groups is 2. The van der Waals surface area contributed by atoms with Crippen molar-refractivity contribution in [2.24, 2.45) is 0 Å². The molecule has 9 heteroatoms. The molecule has 4 rings (SSSR count). The van der Waals surface area contributed by atoms with Crippen molar-refractivity contribution in [2.45, 2.75) is 6.92 Å². The third-order valence-electron chi connectivity index (χ3n) is 4.63. The van der Waals surface area contributed by atoms with E-state index in [9.17, 15) is 14.4 Å². The highest BCUT2D eigenvalue weighted by atomic mass is 79.9. The summed E-state index contributed by atoms with van der Waals surface area (Å²) in [6.07, 6.45) is 1.30. The van der Waals surface area contributed by atoms with Crippen molar-refractivity contribution in [2.75, 3.05) is 11.5 Å². The molecule has 1 N–H and O–H groups in total. The summed E-state index contributed by atoms with van der Waals surface area (Å²) in [7, 11) is 0. The van der Waals surface area contributed by atoms with Crippen LogP contribution in [0, 0.1) is 0 Å². The van der Waals surface area contributed by atoms with Crippen molar-refractivity contribution in [3.63, 3.8) is 0 Å². The Labute approximate surface area is 196 Å². The Bertz CT molecular complexity index is 1270. The van der Waals surface area contributed by atoms with Crippen molar-refractivity contribution in [1.29, 1.82) is 0 Å². The highest BCUT2D eigenvalue weighted by Gasteiger charge is 2.38. The summed E-state index contributed by atoms with van der Waals surface area (Å²) in [5.74, 6) is -0.473. The van der Waals surface area contributed by atoms with Crippen molar-refractivity contribution in [3.05, 3.63) is 75.4 Å². The van der Waals surface area contributed by atoms with Crippen molar-refractivity contribution in [1.82, 2.24) is 5.32 Å². The number of anilines is 1. The normalized spacial score (nSPS) is 15.3. The largest absolute Gasteiger partial charge is 0.492 e. The van der Waals surface area contributed by atoms with Crippen LogP contribution < -0.4 is 15.0 Å². The van der Waals surface area contributed by atoms with E-state index in [1.54, 1.807) is 55.5 Å². The summed E-state index contributed by atoms with van der Waals surface area (Å²) in [4.78, 5) is 38.9. The third-order valence-corrected chi connectivity index (χ3v) is 5.86. The van der Waals surface area contributed by atoms with Crippen LogP contribution in [0.3, 0.4) is 0 Å². The standard InChI is InChI=1S/C23H16BrClN2O5/c1-2-31-20-6-4-3-5-18(20)27-22(29)15(21(28)26-23(27)30)12-14-8-10-19(32-14)13-7-9-16(24)17(25)11-13/h3-12H,2H2,1H3,(H,26,28,30)/b15-12+. The topological polar surface area (TPSA) is 88.8 Å². The van der Waals surface area contributed by atoms with Gasteiger partial charge in [0.25, 0.3) is 11.8 Å². The first-order valence-electron chi connectivity index (χ1n) is 9.57. The molecule has 3 aromatic rings. The van der Waals surface area contributed by atoms with Gasteiger partial charge in [-0.25, -0.2) is 9.69 Å². The summed E-state index contributed by atoms with van der Waals surface area (Å²) in [6, 6.07) is 14.4. The molecular formula is C23H16BrClN2O5. The predicted octanol–water partition coefficient (Wildman–Crippen LogP) is 5.43. The molecule has 0 bridgehead atoms. The number of nitrogens with zero attached hydrogens (tertiary/aromatic N) is 1. The summed E-state index contributed by atoms with van der Waals surface area (Å²) < 4.78 is 12.1. The van der Waals surface area contributed by atoms with Crippen LogP contribution >= 0.6 is 27.5 Å². The summed E-state index contributed by atoms with van der Waals surface area (Å²) in [6.45, 7) is 2.13. The fraction of sp³-hybridized carbons (Fsp3) is 0.0870. The van der Waals surface area contributed by atoms with Crippen LogP contribution in [0.15, 0.2) is 69.1 Å². The van der Waals surface area contributed by atoms with Crippen molar-refractivity contribution in [3.8, 4) is 17.1 Å². The summed E-state index contributed by atoms with van der Waals surface area (Å²) in [5, 5.41) is 2.71. The number of halogens is 2. The van der Waals surface area contributed by atoms with Crippen LogP contribution in [0.2, 0.25) is 5.02 Å². The lowest BCUT2D eigenvalue weighted by molar-refractivity contribution is -0.122. The van der Waals surface area contributed by atoms with Gasteiger partial charge in [-0.1, -0.05) is 29.8 Å². The minimum absolute atomic E-state index is 0.236. The van der Waals surface area contributed by atoms with E-state index in [-0.39, 0.29) is 17.0 Å². The fourth-order valence-electron chi connectivity index (χ4n) is 3.17. The maximum atomic E-state index is 13.1. The molecule has 32 heavy (non-hydrogen) atoms. The number of urea groups is 1. The third kappa shape index (κ3) is 4.19. The summed E-state index contributed by atoms with van der Waals surface area (Å²) >= 11 is 9.48. The Kier molecular flexibility index (Phi) is 6.16. The first-order valence-corrected chi connectivity index (χ1v) is 10.7. The molecule has 0 aliphatic carbocycles. The van der Waals surface area contributed by atoms with Crippen LogP contribution in [0.5, 0.6) is 5.75 Å². The average Bonchev–Trinajstić information content (AvgIpc) is 3.23. The smallest absolute Gasteiger partial charge is 0.336 e. The number of barbiturate groups is 1. The Morgan fingerprint density at radius 3 is 2.66 bits per heavy atom. The van der Waals surface area contributed by atoms with Gasteiger partial charge in [0.05, 0.1) is 17.3 Å². The lowest BCUT2D eigenvalue weighted by Crippen LogP contribution is -2.54. The quantitative estimate of drug-likeness (QED) is 0.362. The van der Waals surface area contributed by atoms with E-state index in [0.29, 0.717) is 23.1 Å². The maximum Gasteiger partial charge on any atom is 0.336 e. The lowest BCUT2D eigenvalue weighted by Gasteiger charge is -2.27. The number of hydrogen-bond donors (Lipinski definition) is 1. The molecule has 0 radical (unpaired) electrons. The number of hydrogen-bond acceptors (Lipinski definition) is 5.